The van der Waals surface area contributed by atoms with Gasteiger partial charge in [0.15, 0.2) is 11.3 Å². The van der Waals surface area contributed by atoms with E-state index in [4.69, 9.17) is 13.9 Å². The monoisotopic (exact) mass is 443 g/mol. The molecule has 0 atom stereocenters. The Morgan fingerprint density at radius 3 is 2.30 bits per heavy atom. The number of benzene rings is 3. The van der Waals surface area contributed by atoms with E-state index in [9.17, 15) is 14.7 Å². The molecule has 3 aromatic carbocycles. The van der Waals surface area contributed by atoms with Crippen molar-refractivity contribution in [3.63, 3.8) is 0 Å². The van der Waals surface area contributed by atoms with Crippen LogP contribution in [0.3, 0.4) is 0 Å². The summed E-state index contributed by atoms with van der Waals surface area (Å²) in [6.07, 6.45) is 0. The van der Waals surface area contributed by atoms with Crippen LogP contribution >= 0.6 is 0 Å². The van der Waals surface area contributed by atoms with E-state index >= 15 is 0 Å². The van der Waals surface area contributed by atoms with Crippen molar-refractivity contribution in [2.45, 2.75) is 0 Å². The van der Waals surface area contributed by atoms with Crippen LogP contribution in [-0.2, 0) is 0 Å². The van der Waals surface area contributed by atoms with E-state index in [0.717, 1.165) is 0 Å². The molecule has 4 rings (SSSR count). The lowest BCUT2D eigenvalue weighted by molar-refractivity contribution is -0.255. The maximum Gasteiger partial charge on any atom is 0.261 e. The molecule has 166 valence electrons. The first kappa shape index (κ1) is 21.6. The molecule has 0 aliphatic heterocycles. The van der Waals surface area contributed by atoms with Crippen molar-refractivity contribution >= 4 is 34.2 Å². The molecule has 0 saturated carbocycles. The number of nitrogens with one attached hydrogen (secondary N) is 1. The van der Waals surface area contributed by atoms with Crippen LogP contribution in [0.1, 0.15) is 20.7 Å². The molecule has 0 fully saturated rings. The van der Waals surface area contributed by atoms with Crippen LogP contribution in [-0.4, -0.2) is 26.1 Å². The Kier molecular flexibility index (Phi) is 6.08. The van der Waals surface area contributed by atoms with Crippen molar-refractivity contribution in [1.82, 2.24) is 0 Å². The lowest BCUT2D eigenvalue weighted by Crippen LogP contribution is -2.22. The highest BCUT2D eigenvalue weighted by molar-refractivity contribution is 6.05. The van der Waals surface area contributed by atoms with Crippen LogP contribution < -0.4 is 25.5 Å². The molecule has 0 unspecified atom stereocenters. The fourth-order valence-corrected chi connectivity index (χ4v) is 3.19. The molecule has 0 saturated heterocycles. The second kappa shape index (κ2) is 9.27. The molecule has 1 aromatic heterocycles. The molecule has 4 aromatic rings. The average molecular weight is 443 g/mol. The minimum Gasteiger partial charge on any atom is -0.545 e. The predicted octanol–water partition coefficient (Wildman–Crippen LogP) is 3.30. The number of ether oxygens (including phenoxy) is 2. The third-order valence-corrected chi connectivity index (χ3v) is 4.88. The summed E-state index contributed by atoms with van der Waals surface area (Å²) in [5.41, 5.74) is 1.64. The highest BCUT2D eigenvalue weighted by Gasteiger charge is 2.15. The topological polar surface area (TPSA) is 113 Å². The number of carboxylic acids is 1. The summed E-state index contributed by atoms with van der Waals surface area (Å²) in [4.78, 5) is 28.6. The van der Waals surface area contributed by atoms with Crippen molar-refractivity contribution < 1.29 is 28.6 Å². The quantitative estimate of drug-likeness (QED) is 0.489. The van der Waals surface area contributed by atoms with Crippen LogP contribution in [0.5, 0.6) is 11.5 Å². The Balaban J connectivity index is 1.82. The molecule has 33 heavy (non-hydrogen) atoms. The molecule has 1 amide bonds. The van der Waals surface area contributed by atoms with Gasteiger partial charge >= 0.3 is 0 Å². The van der Waals surface area contributed by atoms with Gasteiger partial charge in [0.25, 0.3) is 5.91 Å². The first-order valence-corrected chi connectivity index (χ1v) is 9.91. The van der Waals surface area contributed by atoms with E-state index in [0.29, 0.717) is 33.8 Å². The molecule has 0 aliphatic rings. The third kappa shape index (κ3) is 4.69. The van der Waals surface area contributed by atoms with Gasteiger partial charge in [-0.2, -0.15) is 0 Å². The Bertz CT molecular complexity index is 1390. The fourth-order valence-electron chi connectivity index (χ4n) is 3.19. The number of aromatic carboxylic acids is 1. The molecule has 0 spiro atoms. The largest absolute Gasteiger partial charge is 0.545 e. The Labute approximate surface area is 188 Å². The van der Waals surface area contributed by atoms with E-state index in [-0.39, 0.29) is 16.7 Å². The summed E-state index contributed by atoms with van der Waals surface area (Å²) in [6, 6.07) is 19.6. The standard InChI is InChI=1S/C25H20N2O6/c1-31-19-12-10-17(11-13-19)26-23(28)20-14-16-4-3-5-21(32-2)22(16)33-24(20)27-18-8-6-15(7-9-18)25(29)30/h3-14H,1-2H3,(H,26,28)(H,29,30)/p-1. The van der Waals surface area contributed by atoms with Gasteiger partial charge in [-0.25, -0.2) is 4.99 Å². The number of carbonyl (C=O) groups excluding carboxylic acids is 2. The fraction of sp³-hybridized carbons (Fsp3) is 0.0800. The zero-order valence-electron chi connectivity index (χ0n) is 17.8. The Morgan fingerprint density at radius 1 is 0.939 bits per heavy atom. The molecule has 1 N–H and O–H groups in total. The number of fused-ring (bicyclic) bond motifs is 1. The second-order valence-electron chi connectivity index (χ2n) is 6.97. The summed E-state index contributed by atoms with van der Waals surface area (Å²) in [5.74, 6) is -0.574. The van der Waals surface area contributed by atoms with Gasteiger partial charge in [0.05, 0.1) is 25.9 Å². The van der Waals surface area contributed by atoms with Gasteiger partial charge in [0.1, 0.15) is 11.3 Å². The zero-order valence-corrected chi connectivity index (χ0v) is 17.8. The van der Waals surface area contributed by atoms with Crippen LogP contribution in [0.2, 0.25) is 0 Å². The molecular formula is C25H19N2O6-. The van der Waals surface area contributed by atoms with E-state index < -0.39 is 11.9 Å². The van der Waals surface area contributed by atoms with Gasteiger partial charge in [-0.3, -0.25) is 4.79 Å². The molecular weight excluding hydrogens is 424 g/mol. The van der Waals surface area contributed by atoms with Crippen LogP contribution in [0, 0.1) is 0 Å². The van der Waals surface area contributed by atoms with Crippen molar-refractivity contribution in [3.05, 3.63) is 89.5 Å². The molecule has 1 heterocycles. The van der Waals surface area contributed by atoms with Gasteiger partial charge < -0.3 is 29.1 Å². The van der Waals surface area contributed by atoms with E-state index in [1.54, 1.807) is 55.6 Å². The summed E-state index contributed by atoms with van der Waals surface area (Å²) in [7, 11) is 3.08. The molecule has 0 bridgehead atoms. The minimum atomic E-state index is -1.29. The van der Waals surface area contributed by atoms with Crippen LogP contribution in [0.4, 0.5) is 11.4 Å². The smallest absolute Gasteiger partial charge is 0.261 e. The number of hydrogen-bond acceptors (Lipinski definition) is 7. The lowest BCUT2D eigenvalue weighted by Gasteiger charge is -2.09. The molecule has 0 aliphatic carbocycles. The van der Waals surface area contributed by atoms with Crippen molar-refractivity contribution in [2.24, 2.45) is 4.99 Å². The molecule has 8 nitrogen and oxygen atoms in total. The van der Waals surface area contributed by atoms with Gasteiger partial charge in [-0.05, 0) is 54.1 Å². The van der Waals surface area contributed by atoms with E-state index in [1.165, 1.54) is 31.4 Å². The lowest BCUT2D eigenvalue weighted by atomic mass is 10.1. The number of rotatable bonds is 6. The van der Waals surface area contributed by atoms with Crippen LogP contribution in [0.25, 0.3) is 11.0 Å². The number of carbonyl (C=O) groups is 2. The van der Waals surface area contributed by atoms with Crippen molar-refractivity contribution in [1.29, 1.82) is 0 Å². The Hall–Kier alpha value is -4.59. The number of amides is 1. The van der Waals surface area contributed by atoms with E-state index in [2.05, 4.69) is 10.3 Å². The van der Waals surface area contributed by atoms with E-state index in [1.807, 2.05) is 0 Å². The first-order valence-electron chi connectivity index (χ1n) is 9.91. The van der Waals surface area contributed by atoms with Gasteiger partial charge in [-0.15, -0.1) is 0 Å². The number of methoxy groups -OCH3 is 2. The zero-order chi connectivity index (χ0) is 23.4. The van der Waals surface area contributed by atoms with Crippen molar-refractivity contribution in [2.75, 3.05) is 19.5 Å². The average Bonchev–Trinajstić information content (AvgIpc) is 2.84. The van der Waals surface area contributed by atoms with Gasteiger partial charge in [0.2, 0.25) is 5.55 Å². The number of anilines is 1. The van der Waals surface area contributed by atoms with Crippen molar-refractivity contribution in [3.8, 4) is 11.5 Å². The van der Waals surface area contributed by atoms with Crippen LogP contribution in [0.15, 0.2) is 82.2 Å². The van der Waals surface area contributed by atoms with Gasteiger partial charge in [-0.1, -0.05) is 24.3 Å². The maximum atomic E-state index is 13.1. The number of nitrogens with zero attached hydrogens (tertiary/aromatic N) is 1. The maximum absolute atomic E-state index is 13.1. The molecule has 0 radical (unpaired) electrons. The summed E-state index contributed by atoms with van der Waals surface area (Å²) in [5, 5.41) is 14.5. The third-order valence-electron chi connectivity index (χ3n) is 4.88. The number of hydrogen-bond donors (Lipinski definition) is 1. The van der Waals surface area contributed by atoms with Gasteiger partial charge in [0, 0.05) is 11.1 Å². The Morgan fingerprint density at radius 2 is 1.67 bits per heavy atom. The summed E-state index contributed by atoms with van der Waals surface area (Å²) < 4.78 is 16.5. The SMILES string of the molecule is COc1ccc(NC(=O)c2cc3cccc(OC)c3oc2=Nc2ccc(C(=O)[O-])cc2)cc1. The normalized spacial score (nSPS) is 11.3. The predicted molar refractivity (Wildman–Crippen MR) is 120 cm³/mol. The number of carboxylic acid groups (broad SMARTS) is 1. The second-order valence-corrected chi connectivity index (χ2v) is 6.97. The summed E-state index contributed by atoms with van der Waals surface area (Å²) >= 11 is 0. The first-order chi connectivity index (χ1) is 16.0. The highest BCUT2D eigenvalue weighted by atomic mass is 16.5. The molecule has 8 heteroatoms. The number of para-hydroxylation sites is 1. The highest BCUT2D eigenvalue weighted by Crippen LogP contribution is 2.25. The summed E-state index contributed by atoms with van der Waals surface area (Å²) in [6.45, 7) is 0. The minimum absolute atomic E-state index is 0.0172.